The van der Waals surface area contributed by atoms with Crippen LogP contribution in [0.1, 0.15) is 17.3 Å². The molecule has 0 saturated carbocycles. The smallest absolute Gasteiger partial charge is 0.338 e. The lowest BCUT2D eigenvalue weighted by molar-refractivity contribution is -0.253. The number of ether oxygens (including phenoxy) is 2. The predicted octanol–water partition coefficient (Wildman–Crippen LogP) is -1.21. The predicted molar refractivity (Wildman–Crippen MR) is 77.2 cm³/mol. The minimum atomic E-state index is -1.53. The second kappa shape index (κ2) is 7.51. The minimum absolute atomic E-state index is 0.253. The first kappa shape index (κ1) is 17.4. The number of aliphatic hydroxyl groups excluding tert-OH is 3. The van der Waals surface area contributed by atoms with Crippen LogP contribution in [0.25, 0.3) is 0 Å². The first-order chi connectivity index (χ1) is 10.9. The van der Waals surface area contributed by atoms with Gasteiger partial charge >= 0.3 is 5.97 Å². The van der Waals surface area contributed by atoms with Gasteiger partial charge in [0.2, 0.25) is 5.91 Å². The zero-order chi connectivity index (χ0) is 17.0. The van der Waals surface area contributed by atoms with E-state index in [4.69, 9.17) is 9.47 Å². The van der Waals surface area contributed by atoms with Gasteiger partial charge in [-0.2, -0.15) is 0 Å². The summed E-state index contributed by atoms with van der Waals surface area (Å²) < 4.78 is 10.3. The molecule has 0 spiro atoms. The summed E-state index contributed by atoms with van der Waals surface area (Å²) in [6.45, 7) is 0.637. The molecule has 126 valence electrons. The number of carbonyl (C=O) groups is 2. The highest BCUT2D eigenvalue weighted by Crippen LogP contribution is 2.23. The van der Waals surface area contributed by atoms with Crippen LogP contribution < -0.4 is 5.32 Å². The fourth-order valence-corrected chi connectivity index (χ4v) is 2.38. The quantitative estimate of drug-likeness (QED) is 0.512. The van der Waals surface area contributed by atoms with E-state index in [-0.39, 0.29) is 5.56 Å². The molecule has 0 radical (unpaired) electrons. The molecule has 1 aromatic rings. The monoisotopic (exact) mass is 325 g/mol. The van der Waals surface area contributed by atoms with Gasteiger partial charge in [-0.3, -0.25) is 4.79 Å². The van der Waals surface area contributed by atoms with Gasteiger partial charge in [0.1, 0.15) is 18.2 Å². The Labute approximate surface area is 132 Å². The fraction of sp³-hybridized carbons (Fsp3) is 0.467. The van der Waals surface area contributed by atoms with Crippen LogP contribution >= 0.6 is 0 Å². The lowest BCUT2D eigenvalue weighted by Crippen LogP contribution is -2.65. The summed E-state index contributed by atoms with van der Waals surface area (Å²) in [6.07, 6.45) is -5.35. The van der Waals surface area contributed by atoms with Crippen LogP contribution in [0.2, 0.25) is 0 Å². The second-order valence-electron chi connectivity index (χ2n) is 5.20. The van der Waals surface area contributed by atoms with Gasteiger partial charge in [-0.05, 0) is 12.1 Å². The van der Waals surface area contributed by atoms with Crippen molar-refractivity contribution in [1.82, 2.24) is 5.32 Å². The van der Waals surface area contributed by atoms with Crippen LogP contribution in [0.15, 0.2) is 30.3 Å². The van der Waals surface area contributed by atoms with Gasteiger partial charge in [0.25, 0.3) is 0 Å². The van der Waals surface area contributed by atoms with Gasteiger partial charge in [0, 0.05) is 6.92 Å². The molecule has 8 nitrogen and oxygen atoms in total. The van der Waals surface area contributed by atoms with Gasteiger partial charge in [-0.15, -0.1) is 0 Å². The van der Waals surface area contributed by atoms with Crippen molar-refractivity contribution in [3.63, 3.8) is 0 Å². The lowest BCUT2D eigenvalue weighted by atomic mass is 9.96. The first-order valence-corrected chi connectivity index (χ1v) is 7.09. The number of benzene rings is 1. The Morgan fingerprint density at radius 3 is 2.48 bits per heavy atom. The van der Waals surface area contributed by atoms with E-state index in [1.165, 1.54) is 19.1 Å². The van der Waals surface area contributed by atoms with Gasteiger partial charge < -0.3 is 30.1 Å². The maximum Gasteiger partial charge on any atom is 0.338 e. The molecule has 1 amide bonds. The summed E-state index contributed by atoms with van der Waals surface area (Å²) in [6, 6.07) is 6.92. The molecule has 23 heavy (non-hydrogen) atoms. The largest absolute Gasteiger partial charge is 0.453 e. The van der Waals surface area contributed by atoms with Crippen LogP contribution in [-0.4, -0.2) is 64.4 Å². The van der Waals surface area contributed by atoms with Gasteiger partial charge in [-0.25, -0.2) is 4.79 Å². The molecule has 0 aromatic heterocycles. The van der Waals surface area contributed by atoms with Crippen molar-refractivity contribution >= 4 is 11.9 Å². The topological polar surface area (TPSA) is 125 Å². The number of hydrogen-bond donors (Lipinski definition) is 4. The number of amides is 1. The number of aliphatic hydroxyl groups is 3. The van der Waals surface area contributed by atoms with Crippen LogP contribution in [-0.2, 0) is 14.3 Å². The van der Waals surface area contributed by atoms with Crippen molar-refractivity contribution in [3.05, 3.63) is 35.9 Å². The molecule has 0 bridgehead atoms. The second-order valence-corrected chi connectivity index (χ2v) is 5.20. The molecule has 5 atom stereocenters. The molecular weight excluding hydrogens is 306 g/mol. The summed E-state index contributed by atoms with van der Waals surface area (Å²) in [5, 5.41) is 31.7. The van der Waals surface area contributed by atoms with E-state index in [2.05, 4.69) is 5.32 Å². The summed E-state index contributed by atoms with van der Waals surface area (Å²) >= 11 is 0. The molecule has 1 heterocycles. The SMILES string of the molecule is CC(=O)NC1[C@@H](OC(=O)c2ccccc2)[C@@H](O)C(CO)O[C@@H]1O. The Kier molecular flexibility index (Phi) is 5.67. The third-order valence-electron chi connectivity index (χ3n) is 3.50. The molecule has 1 aromatic carbocycles. The molecular formula is C15H19NO7. The van der Waals surface area contributed by atoms with Gasteiger partial charge in [0.15, 0.2) is 12.4 Å². The summed E-state index contributed by atoms with van der Waals surface area (Å²) in [5.74, 6) is -1.22. The molecule has 1 saturated heterocycles. The third kappa shape index (κ3) is 4.05. The van der Waals surface area contributed by atoms with E-state index in [0.29, 0.717) is 0 Å². The number of carbonyl (C=O) groups excluding carboxylic acids is 2. The normalized spacial score (nSPS) is 30.5. The molecule has 4 N–H and O–H groups in total. The summed E-state index contributed by atoms with van der Waals surface area (Å²) in [7, 11) is 0. The number of hydrogen-bond acceptors (Lipinski definition) is 7. The standard InChI is InChI=1S/C15H19NO7/c1-8(18)16-11-13(12(19)10(7-17)22-15(11)21)23-14(20)9-5-3-2-4-6-9/h2-6,10-13,15,17,19,21H,7H2,1H3,(H,16,18)/t10?,11?,12-,13+,15-/m0/s1. The van der Waals surface area contributed by atoms with Crippen LogP contribution in [0.3, 0.4) is 0 Å². The van der Waals surface area contributed by atoms with Crippen LogP contribution in [0.5, 0.6) is 0 Å². The van der Waals surface area contributed by atoms with Crippen LogP contribution in [0.4, 0.5) is 0 Å². The molecule has 1 fully saturated rings. The zero-order valence-corrected chi connectivity index (χ0v) is 12.5. The first-order valence-electron chi connectivity index (χ1n) is 7.09. The van der Waals surface area contributed by atoms with E-state index in [1.807, 2.05) is 0 Å². The Bertz CT molecular complexity index is 550. The van der Waals surface area contributed by atoms with Crippen molar-refractivity contribution in [2.45, 2.75) is 37.6 Å². The number of nitrogens with one attached hydrogen (secondary N) is 1. The van der Waals surface area contributed by atoms with E-state index in [9.17, 15) is 24.9 Å². The van der Waals surface area contributed by atoms with E-state index in [1.54, 1.807) is 18.2 Å². The van der Waals surface area contributed by atoms with Gasteiger partial charge in [-0.1, -0.05) is 18.2 Å². The molecule has 2 unspecified atom stereocenters. The lowest BCUT2D eigenvalue weighted by Gasteiger charge is -2.41. The highest BCUT2D eigenvalue weighted by Gasteiger charge is 2.47. The number of esters is 1. The molecule has 2 rings (SSSR count). The summed E-state index contributed by atoms with van der Waals surface area (Å²) in [4.78, 5) is 23.4. The Balaban J connectivity index is 2.21. The highest BCUT2D eigenvalue weighted by molar-refractivity contribution is 5.89. The van der Waals surface area contributed by atoms with E-state index in [0.717, 1.165) is 0 Å². The average molecular weight is 325 g/mol. The van der Waals surface area contributed by atoms with E-state index < -0.39 is 49.1 Å². The van der Waals surface area contributed by atoms with Crippen molar-refractivity contribution in [1.29, 1.82) is 0 Å². The molecule has 0 aliphatic carbocycles. The van der Waals surface area contributed by atoms with Crippen molar-refractivity contribution in [2.75, 3.05) is 6.61 Å². The highest BCUT2D eigenvalue weighted by atomic mass is 16.6. The average Bonchev–Trinajstić information content (AvgIpc) is 2.54. The molecule has 8 heteroatoms. The van der Waals surface area contributed by atoms with Gasteiger partial charge in [0.05, 0.1) is 12.2 Å². The molecule has 1 aliphatic heterocycles. The van der Waals surface area contributed by atoms with Crippen molar-refractivity contribution in [2.24, 2.45) is 0 Å². The zero-order valence-electron chi connectivity index (χ0n) is 12.5. The maximum absolute atomic E-state index is 12.2. The summed E-state index contributed by atoms with van der Waals surface area (Å²) in [5.41, 5.74) is 0.253. The van der Waals surface area contributed by atoms with Crippen molar-refractivity contribution < 1.29 is 34.4 Å². The number of rotatable bonds is 4. The van der Waals surface area contributed by atoms with Crippen LogP contribution in [0, 0.1) is 0 Å². The third-order valence-corrected chi connectivity index (χ3v) is 3.50. The Morgan fingerprint density at radius 1 is 1.26 bits per heavy atom. The fourth-order valence-electron chi connectivity index (χ4n) is 2.38. The minimum Gasteiger partial charge on any atom is -0.453 e. The maximum atomic E-state index is 12.2. The molecule has 1 aliphatic rings. The van der Waals surface area contributed by atoms with Crippen molar-refractivity contribution in [3.8, 4) is 0 Å². The Hall–Kier alpha value is -2.00. The Morgan fingerprint density at radius 2 is 1.91 bits per heavy atom. The van der Waals surface area contributed by atoms with E-state index >= 15 is 0 Å².